The summed E-state index contributed by atoms with van der Waals surface area (Å²) in [6, 6.07) is 11.5. The molecule has 0 atom stereocenters. The van der Waals surface area contributed by atoms with E-state index in [1.807, 2.05) is 13.0 Å². The second kappa shape index (κ2) is 7.98. The molecule has 0 amide bonds. The van der Waals surface area contributed by atoms with Gasteiger partial charge in [-0.25, -0.2) is 4.98 Å². The van der Waals surface area contributed by atoms with Crippen LogP contribution in [0.15, 0.2) is 30.3 Å². The Morgan fingerprint density at radius 1 is 1.16 bits per heavy atom. The molecule has 0 radical (unpaired) electrons. The van der Waals surface area contributed by atoms with Crippen LogP contribution in [0.3, 0.4) is 0 Å². The van der Waals surface area contributed by atoms with Gasteiger partial charge in [-0.15, -0.1) is 0 Å². The SMILES string of the molecule is CCN(c1nc(C)cc(Oc2ccc(C#N)cc2)n1)C1CCCCC1. The zero-order chi connectivity index (χ0) is 17.6. The molecule has 0 saturated heterocycles. The Hall–Kier alpha value is -2.61. The molecule has 5 heteroatoms. The third kappa shape index (κ3) is 4.27. The van der Waals surface area contributed by atoms with Crippen molar-refractivity contribution in [1.82, 2.24) is 9.97 Å². The van der Waals surface area contributed by atoms with Crippen molar-refractivity contribution in [3.05, 3.63) is 41.6 Å². The fraction of sp³-hybridized carbons (Fsp3) is 0.450. The normalized spacial score (nSPS) is 14.8. The van der Waals surface area contributed by atoms with Gasteiger partial charge in [0.15, 0.2) is 0 Å². The molecule has 1 aromatic heterocycles. The molecule has 0 aliphatic heterocycles. The van der Waals surface area contributed by atoms with Crippen molar-refractivity contribution in [2.24, 2.45) is 0 Å². The van der Waals surface area contributed by atoms with E-state index in [-0.39, 0.29) is 0 Å². The number of aryl methyl sites for hydroxylation is 1. The number of benzene rings is 1. The van der Waals surface area contributed by atoms with E-state index in [2.05, 4.69) is 27.9 Å². The molecule has 1 aliphatic carbocycles. The Morgan fingerprint density at radius 3 is 2.52 bits per heavy atom. The molecule has 0 unspecified atom stereocenters. The summed E-state index contributed by atoms with van der Waals surface area (Å²) in [5, 5.41) is 8.89. The van der Waals surface area contributed by atoms with Crippen molar-refractivity contribution in [3.8, 4) is 17.7 Å². The molecule has 0 bridgehead atoms. The smallest absolute Gasteiger partial charge is 0.229 e. The Labute approximate surface area is 149 Å². The number of hydrogen-bond acceptors (Lipinski definition) is 5. The minimum absolute atomic E-state index is 0.517. The van der Waals surface area contributed by atoms with Gasteiger partial charge in [-0.05, 0) is 51.0 Å². The first-order valence-corrected chi connectivity index (χ1v) is 9.00. The second-order valence-corrected chi connectivity index (χ2v) is 6.46. The zero-order valence-electron chi connectivity index (χ0n) is 14.9. The van der Waals surface area contributed by atoms with Gasteiger partial charge in [-0.2, -0.15) is 10.2 Å². The fourth-order valence-corrected chi connectivity index (χ4v) is 3.38. The van der Waals surface area contributed by atoms with Gasteiger partial charge >= 0.3 is 0 Å². The number of hydrogen-bond donors (Lipinski definition) is 0. The van der Waals surface area contributed by atoms with Crippen molar-refractivity contribution in [2.45, 2.75) is 52.0 Å². The van der Waals surface area contributed by atoms with Gasteiger partial charge in [0.25, 0.3) is 0 Å². The number of rotatable bonds is 5. The number of aromatic nitrogens is 2. The molecule has 5 nitrogen and oxygen atoms in total. The molecule has 2 aromatic rings. The summed E-state index contributed by atoms with van der Waals surface area (Å²) in [5.74, 6) is 1.96. The van der Waals surface area contributed by atoms with E-state index in [0.29, 0.717) is 23.2 Å². The maximum Gasteiger partial charge on any atom is 0.229 e. The van der Waals surface area contributed by atoms with Crippen LogP contribution >= 0.6 is 0 Å². The molecule has 1 saturated carbocycles. The lowest BCUT2D eigenvalue weighted by molar-refractivity contribution is 0.410. The first-order valence-electron chi connectivity index (χ1n) is 9.00. The maximum absolute atomic E-state index is 8.89. The van der Waals surface area contributed by atoms with Gasteiger partial charge in [-0.3, -0.25) is 0 Å². The highest BCUT2D eigenvalue weighted by Crippen LogP contribution is 2.28. The van der Waals surface area contributed by atoms with Gasteiger partial charge in [-0.1, -0.05) is 19.3 Å². The first-order chi connectivity index (χ1) is 12.2. The van der Waals surface area contributed by atoms with Crippen LogP contribution in [-0.4, -0.2) is 22.6 Å². The number of ether oxygens (including phenoxy) is 1. The summed E-state index contributed by atoms with van der Waals surface area (Å²) < 4.78 is 5.89. The number of nitriles is 1. The summed E-state index contributed by atoms with van der Waals surface area (Å²) >= 11 is 0. The van der Waals surface area contributed by atoms with Crippen LogP contribution in [0, 0.1) is 18.3 Å². The largest absolute Gasteiger partial charge is 0.439 e. The van der Waals surface area contributed by atoms with E-state index < -0.39 is 0 Å². The summed E-state index contributed by atoms with van der Waals surface area (Å²) in [6.45, 7) is 5.01. The topological polar surface area (TPSA) is 62.0 Å². The molecular weight excluding hydrogens is 312 g/mol. The molecule has 3 rings (SSSR count). The van der Waals surface area contributed by atoms with Gasteiger partial charge < -0.3 is 9.64 Å². The summed E-state index contributed by atoms with van der Waals surface area (Å²) in [6.07, 6.45) is 6.30. The second-order valence-electron chi connectivity index (χ2n) is 6.46. The molecule has 25 heavy (non-hydrogen) atoms. The van der Waals surface area contributed by atoms with Crippen molar-refractivity contribution in [3.63, 3.8) is 0 Å². The average molecular weight is 336 g/mol. The van der Waals surface area contributed by atoms with Crippen LogP contribution in [0.25, 0.3) is 0 Å². The summed E-state index contributed by atoms with van der Waals surface area (Å²) in [7, 11) is 0. The Bertz CT molecular complexity index is 745. The van der Waals surface area contributed by atoms with Crippen LogP contribution in [-0.2, 0) is 0 Å². The molecule has 1 heterocycles. The third-order valence-corrected chi connectivity index (χ3v) is 4.64. The minimum atomic E-state index is 0.517. The van der Waals surface area contributed by atoms with Gasteiger partial charge in [0.05, 0.1) is 11.6 Å². The highest BCUT2D eigenvalue weighted by molar-refractivity contribution is 5.39. The molecule has 1 aromatic carbocycles. The zero-order valence-corrected chi connectivity index (χ0v) is 14.9. The van der Waals surface area contributed by atoms with E-state index in [4.69, 9.17) is 10.00 Å². The number of anilines is 1. The molecule has 0 N–H and O–H groups in total. The van der Waals surface area contributed by atoms with Crippen LogP contribution in [0.2, 0.25) is 0 Å². The molecule has 0 spiro atoms. The minimum Gasteiger partial charge on any atom is -0.439 e. The predicted molar refractivity (Wildman–Crippen MR) is 97.9 cm³/mol. The van der Waals surface area contributed by atoms with E-state index >= 15 is 0 Å². The van der Waals surface area contributed by atoms with Gasteiger partial charge in [0.2, 0.25) is 11.8 Å². The predicted octanol–water partition coefficient (Wildman–Crippen LogP) is 4.61. The van der Waals surface area contributed by atoms with Crippen molar-refractivity contribution < 1.29 is 4.74 Å². The monoisotopic (exact) mass is 336 g/mol. The third-order valence-electron chi connectivity index (χ3n) is 4.64. The quantitative estimate of drug-likeness (QED) is 0.798. The van der Waals surface area contributed by atoms with E-state index in [1.54, 1.807) is 24.3 Å². The van der Waals surface area contributed by atoms with E-state index in [9.17, 15) is 0 Å². The maximum atomic E-state index is 8.89. The molecule has 1 aliphatic rings. The van der Waals surface area contributed by atoms with E-state index in [1.165, 1.54) is 32.1 Å². The molecule has 130 valence electrons. The van der Waals surface area contributed by atoms with Gasteiger partial charge in [0, 0.05) is 24.3 Å². The van der Waals surface area contributed by atoms with Crippen molar-refractivity contribution in [2.75, 3.05) is 11.4 Å². The fourth-order valence-electron chi connectivity index (χ4n) is 3.38. The van der Waals surface area contributed by atoms with Crippen LogP contribution < -0.4 is 9.64 Å². The van der Waals surface area contributed by atoms with Gasteiger partial charge in [0.1, 0.15) is 5.75 Å². The number of nitrogens with zero attached hydrogens (tertiary/aromatic N) is 4. The lowest BCUT2D eigenvalue weighted by Gasteiger charge is -2.33. The standard InChI is InChI=1S/C20H24N4O/c1-3-24(17-7-5-4-6-8-17)20-22-15(2)13-19(23-20)25-18-11-9-16(14-21)10-12-18/h9-13,17H,3-8H2,1-2H3. The van der Waals surface area contributed by atoms with Crippen molar-refractivity contribution in [1.29, 1.82) is 5.26 Å². The lowest BCUT2D eigenvalue weighted by Crippen LogP contribution is -2.38. The van der Waals surface area contributed by atoms with Crippen LogP contribution in [0.5, 0.6) is 11.6 Å². The highest BCUT2D eigenvalue weighted by atomic mass is 16.5. The lowest BCUT2D eigenvalue weighted by atomic mass is 9.94. The molecule has 1 fully saturated rings. The van der Waals surface area contributed by atoms with Crippen LogP contribution in [0.1, 0.15) is 50.3 Å². The van der Waals surface area contributed by atoms with Crippen LogP contribution in [0.4, 0.5) is 5.95 Å². The first kappa shape index (κ1) is 17.2. The average Bonchev–Trinajstić information content (AvgIpc) is 2.63. The Morgan fingerprint density at radius 2 is 1.88 bits per heavy atom. The Kier molecular flexibility index (Phi) is 5.49. The van der Waals surface area contributed by atoms with Crippen molar-refractivity contribution >= 4 is 5.95 Å². The molecular formula is C20H24N4O. The van der Waals surface area contributed by atoms with E-state index in [0.717, 1.165) is 18.2 Å². The summed E-state index contributed by atoms with van der Waals surface area (Å²) in [5.41, 5.74) is 1.50. The highest BCUT2D eigenvalue weighted by Gasteiger charge is 2.22. The summed E-state index contributed by atoms with van der Waals surface area (Å²) in [4.78, 5) is 11.6. The Balaban J connectivity index is 1.82.